The van der Waals surface area contributed by atoms with Crippen LogP contribution in [0.25, 0.3) is 11.0 Å². The molecule has 1 amide bonds. The highest BCUT2D eigenvalue weighted by Gasteiger charge is 2.23. The Balaban J connectivity index is 1.34. The molecule has 1 saturated heterocycles. The fraction of sp³-hybridized carbons (Fsp3) is 0.368. The monoisotopic (exact) mass is 350 g/mol. The second-order valence-electron chi connectivity index (χ2n) is 6.55. The van der Waals surface area contributed by atoms with Crippen LogP contribution in [0.1, 0.15) is 16.3 Å². The SMILES string of the molecule is Cc1nccn1CCN1CCN(C(=O)c2cnc3ccccc3n2)CC1. The number of amides is 1. The standard InChI is InChI=1S/C19H22N6O/c1-15-20-6-7-24(15)11-8-23-9-12-25(13-10-23)19(26)18-14-21-16-4-2-3-5-17(16)22-18/h2-7,14H,8-13H2,1H3. The average molecular weight is 350 g/mol. The molecular weight excluding hydrogens is 328 g/mol. The molecule has 0 atom stereocenters. The highest BCUT2D eigenvalue weighted by molar-refractivity contribution is 5.93. The number of rotatable bonds is 4. The minimum atomic E-state index is -0.0339. The fourth-order valence-electron chi connectivity index (χ4n) is 3.29. The van der Waals surface area contributed by atoms with Crippen LogP contribution >= 0.6 is 0 Å². The molecule has 2 aromatic heterocycles. The summed E-state index contributed by atoms with van der Waals surface area (Å²) in [6.45, 7) is 7.10. The van der Waals surface area contributed by atoms with Crippen molar-refractivity contribution in [1.82, 2.24) is 29.3 Å². The van der Waals surface area contributed by atoms with Gasteiger partial charge in [-0.05, 0) is 19.1 Å². The van der Waals surface area contributed by atoms with Crippen LogP contribution in [0.5, 0.6) is 0 Å². The molecule has 0 spiro atoms. The Morgan fingerprint density at radius 2 is 1.81 bits per heavy atom. The van der Waals surface area contributed by atoms with Crippen LogP contribution in [0, 0.1) is 6.92 Å². The van der Waals surface area contributed by atoms with E-state index in [9.17, 15) is 4.79 Å². The van der Waals surface area contributed by atoms with E-state index in [4.69, 9.17) is 0 Å². The van der Waals surface area contributed by atoms with Gasteiger partial charge in [-0.1, -0.05) is 12.1 Å². The normalized spacial score (nSPS) is 15.5. The molecule has 4 rings (SSSR count). The lowest BCUT2D eigenvalue weighted by Gasteiger charge is -2.34. The summed E-state index contributed by atoms with van der Waals surface area (Å²) in [5, 5.41) is 0. The first-order chi connectivity index (χ1) is 12.7. The van der Waals surface area contributed by atoms with E-state index in [2.05, 4.69) is 24.4 Å². The molecule has 7 heteroatoms. The summed E-state index contributed by atoms with van der Waals surface area (Å²) >= 11 is 0. The van der Waals surface area contributed by atoms with Gasteiger partial charge in [0.1, 0.15) is 11.5 Å². The molecular formula is C19H22N6O. The minimum Gasteiger partial charge on any atom is -0.335 e. The van der Waals surface area contributed by atoms with Gasteiger partial charge in [0, 0.05) is 51.7 Å². The largest absolute Gasteiger partial charge is 0.335 e. The van der Waals surface area contributed by atoms with Crippen molar-refractivity contribution in [1.29, 1.82) is 0 Å². The van der Waals surface area contributed by atoms with Gasteiger partial charge in [0.05, 0.1) is 17.2 Å². The molecule has 1 fully saturated rings. The Hall–Kier alpha value is -2.80. The predicted octanol–water partition coefficient (Wildman–Crippen LogP) is 1.59. The maximum atomic E-state index is 12.7. The van der Waals surface area contributed by atoms with E-state index < -0.39 is 0 Å². The molecule has 1 aromatic carbocycles. The maximum absolute atomic E-state index is 12.7. The molecule has 0 bridgehead atoms. The second kappa shape index (κ2) is 7.21. The lowest BCUT2D eigenvalue weighted by Crippen LogP contribution is -2.49. The number of nitrogens with zero attached hydrogens (tertiary/aromatic N) is 6. The number of hydrogen-bond acceptors (Lipinski definition) is 5. The number of carbonyl (C=O) groups excluding carboxylic acids is 1. The van der Waals surface area contributed by atoms with Gasteiger partial charge < -0.3 is 9.47 Å². The number of piperazine rings is 1. The van der Waals surface area contributed by atoms with E-state index in [1.807, 2.05) is 48.5 Å². The summed E-state index contributed by atoms with van der Waals surface area (Å²) < 4.78 is 2.15. The third-order valence-corrected chi connectivity index (χ3v) is 4.91. The van der Waals surface area contributed by atoms with Gasteiger partial charge in [0.25, 0.3) is 5.91 Å². The second-order valence-corrected chi connectivity index (χ2v) is 6.55. The predicted molar refractivity (Wildman–Crippen MR) is 98.8 cm³/mol. The van der Waals surface area contributed by atoms with E-state index in [1.54, 1.807) is 6.20 Å². The summed E-state index contributed by atoms with van der Waals surface area (Å²) in [5.41, 5.74) is 1.99. The third kappa shape index (κ3) is 3.43. The van der Waals surface area contributed by atoms with Crippen LogP contribution in [0.15, 0.2) is 42.9 Å². The van der Waals surface area contributed by atoms with Crippen molar-refractivity contribution in [2.24, 2.45) is 0 Å². The first-order valence-corrected chi connectivity index (χ1v) is 8.92. The molecule has 3 heterocycles. The van der Waals surface area contributed by atoms with Crippen LogP contribution in [0.3, 0.4) is 0 Å². The fourth-order valence-corrected chi connectivity index (χ4v) is 3.29. The summed E-state index contributed by atoms with van der Waals surface area (Å²) in [4.78, 5) is 30.1. The van der Waals surface area contributed by atoms with Crippen molar-refractivity contribution < 1.29 is 4.79 Å². The summed E-state index contributed by atoms with van der Waals surface area (Å²) in [7, 11) is 0. The molecule has 0 unspecified atom stereocenters. The van der Waals surface area contributed by atoms with Crippen molar-refractivity contribution in [3.8, 4) is 0 Å². The molecule has 0 N–H and O–H groups in total. The zero-order valence-corrected chi connectivity index (χ0v) is 14.9. The van der Waals surface area contributed by atoms with Crippen LogP contribution < -0.4 is 0 Å². The first-order valence-electron chi connectivity index (χ1n) is 8.92. The van der Waals surface area contributed by atoms with Crippen molar-refractivity contribution in [2.75, 3.05) is 32.7 Å². The van der Waals surface area contributed by atoms with E-state index in [-0.39, 0.29) is 5.91 Å². The number of imidazole rings is 1. The number of aryl methyl sites for hydroxylation is 1. The van der Waals surface area contributed by atoms with Crippen LogP contribution in [0.4, 0.5) is 0 Å². The van der Waals surface area contributed by atoms with E-state index in [0.717, 1.165) is 56.1 Å². The lowest BCUT2D eigenvalue weighted by atomic mass is 10.2. The Morgan fingerprint density at radius 3 is 2.54 bits per heavy atom. The van der Waals surface area contributed by atoms with Crippen molar-refractivity contribution >= 4 is 16.9 Å². The van der Waals surface area contributed by atoms with E-state index in [1.165, 1.54) is 0 Å². The Bertz CT molecular complexity index is 913. The molecule has 3 aromatic rings. The van der Waals surface area contributed by atoms with Gasteiger partial charge in [-0.25, -0.2) is 9.97 Å². The first kappa shape index (κ1) is 16.7. The molecule has 0 radical (unpaired) electrons. The third-order valence-electron chi connectivity index (χ3n) is 4.91. The highest BCUT2D eigenvalue weighted by atomic mass is 16.2. The van der Waals surface area contributed by atoms with Crippen LogP contribution in [0.2, 0.25) is 0 Å². The zero-order chi connectivity index (χ0) is 17.9. The molecule has 0 saturated carbocycles. The average Bonchev–Trinajstić information content (AvgIpc) is 3.10. The van der Waals surface area contributed by atoms with Gasteiger partial charge in [-0.2, -0.15) is 0 Å². The van der Waals surface area contributed by atoms with Gasteiger partial charge in [-0.15, -0.1) is 0 Å². The quantitative estimate of drug-likeness (QED) is 0.715. The number of hydrogen-bond donors (Lipinski definition) is 0. The molecule has 7 nitrogen and oxygen atoms in total. The highest BCUT2D eigenvalue weighted by Crippen LogP contribution is 2.12. The van der Waals surface area contributed by atoms with Crippen molar-refractivity contribution in [3.63, 3.8) is 0 Å². The summed E-state index contributed by atoms with van der Waals surface area (Å²) in [5.74, 6) is 1.00. The molecule has 1 aliphatic heterocycles. The topological polar surface area (TPSA) is 67.2 Å². The molecule has 134 valence electrons. The lowest BCUT2D eigenvalue weighted by molar-refractivity contribution is 0.0627. The molecule has 1 aliphatic rings. The molecule has 26 heavy (non-hydrogen) atoms. The minimum absolute atomic E-state index is 0.0339. The van der Waals surface area contributed by atoms with Crippen LogP contribution in [-0.2, 0) is 6.54 Å². The smallest absolute Gasteiger partial charge is 0.274 e. The Morgan fingerprint density at radius 1 is 1.04 bits per heavy atom. The van der Waals surface area contributed by atoms with Crippen molar-refractivity contribution in [3.05, 3.63) is 54.4 Å². The number of carbonyl (C=O) groups is 1. The number of fused-ring (bicyclic) bond motifs is 1. The van der Waals surface area contributed by atoms with E-state index in [0.29, 0.717) is 5.69 Å². The van der Waals surface area contributed by atoms with E-state index >= 15 is 0 Å². The number of aromatic nitrogens is 4. The zero-order valence-electron chi connectivity index (χ0n) is 14.9. The van der Waals surface area contributed by atoms with Crippen molar-refractivity contribution in [2.45, 2.75) is 13.5 Å². The van der Waals surface area contributed by atoms with Gasteiger partial charge in [0.2, 0.25) is 0 Å². The summed E-state index contributed by atoms with van der Waals surface area (Å²) in [6.07, 6.45) is 5.42. The number of para-hydroxylation sites is 2. The Kier molecular flexibility index (Phi) is 4.62. The Labute approximate surface area is 152 Å². The summed E-state index contributed by atoms with van der Waals surface area (Å²) in [6, 6.07) is 7.61. The van der Waals surface area contributed by atoms with Gasteiger partial charge in [-0.3, -0.25) is 14.7 Å². The van der Waals surface area contributed by atoms with Gasteiger partial charge in [0.15, 0.2) is 0 Å². The number of benzene rings is 1. The molecule has 0 aliphatic carbocycles. The maximum Gasteiger partial charge on any atom is 0.274 e. The van der Waals surface area contributed by atoms with Crippen LogP contribution in [-0.4, -0.2) is 67.9 Å². The van der Waals surface area contributed by atoms with Gasteiger partial charge >= 0.3 is 0 Å².